The second-order valence-corrected chi connectivity index (χ2v) is 7.70. The van der Waals surface area contributed by atoms with Crippen molar-refractivity contribution in [3.8, 4) is 0 Å². The molecule has 134 valence electrons. The lowest BCUT2D eigenvalue weighted by atomic mass is 9.95. The van der Waals surface area contributed by atoms with Crippen LogP contribution in [0.25, 0.3) is 0 Å². The summed E-state index contributed by atoms with van der Waals surface area (Å²) in [6, 6.07) is 13.3. The normalized spacial score (nSPS) is 17.2. The van der Waals surface area contributed by atoms with Crippen LogP contribution in [0.1, 0.15) is 37.9 Å². The Balaban J connectivity index is 1.87. The topological polar surface area (TPSA) is 6.48 Å². The highest BCUT2D eigenvalue weighted by Gasteiger charge is 2.30. The fraction of sp³-hybridized carbons (Fsp3) is 0.429. The lowest BCUT2D eigenvalue weighted by Crippen LogP contribution is -2.54. The molecule has 2 aromatic carbocycles. The van der Waals surface area contributed by atoms with Crippen LogP contribution in [-0.4, -0.2) is 41.5 Å². The largest absolute Gasteiger partial charge is 0.296 e. The van der Waals surface area contributed by atoms with E-state index in [1.807, 2.05) is 24.3 Å². The second kappa shape index (κ2) is 7.22. The molecule has 3 rings (SSSR count). The highest BCUT2D eigenvalue weighted by molar-refractivity contribution is 5.32. The Kier molecular flexibility index (Phi) is 5.21. The Hall–Kier alpha value is -1.78. The summed E-state index contributed by atoms with van der Waals surface area (Å²) in [5.74, 6) is -0.474. The van der Waals surface area contributed by atoms with Crippen LogP contribution in [0.5, 0.6) is 0 Å². The van der Waals surface area contributed by atoms with Gasteiger partial charge in [-0.25, -0.2) is 8.78 Å². The standard InChI is InChI=1S/C21H26F2N2/c1-21(2,3)25-14-12-24(13-15-25)20(16-4-8-18(22)9-5-16)17-6-10-19(23)11-7-17/h4-11,20H,12-15H2,1-3H3. The number of benzene rings is 2. The summed E-state index contributed by atoms with van der Waals surface area (Å²) in [6.45, 7) is 10.5. The summed E-state index contributed by atoms with van der Waals surface area (Å²) in [5, 5.41) is 0. The maximum Gasteiger partial charge on any atom is 0.123 e. The van der Waals surface area contributed by atoms with Gasteiger partial charge >= 0.3 is 0 Å². The third-order valence-electron chi connectivity index (χ3n) is 5.00. The molecule has 1 saturated heterocycles. The quantitative estimate of drug-likeness (QED) is 0.810. The number of halogens is 2. The summed E-state index contributed by atoms with van der Waals surface area (Å²) in [7, 11) is 0. The molecule has 2 aromatic rings. The van der Waals surface area contributed by atoms with Gasteiger partial charge in [-0.15, -0.1) is 0 Å². The van der Waals surface area contributed by atoms with Gasteiger partial charge in [0.05, 0.1) is 6.04 Å². The lowest BCUT2D eigenvalue weighted by molar-refractivity contribution is 0.0493. The van der Waals surface area contributed by atoms with Gasteiger partial charge in [-0.2, -0.15) is 0 Å². The first kappa shape index (κ1) is 18.0. The van der Waals surface area contributed by atoms with Crippen LogP contribution >= 0.6 is 0 Å². The van der Waals surface area contributed by atoms with E-state index in [2.05, 4.69) is 30.6 Å². The molecule has 0 N–H and O–H groups in total. The smallest absolute Gasteiger partial charge is 0.123 e. The van der Waals surface area contributed by atoms with Crippen LogP contribution in [0.15, 0.2) is 48.5 Å². The predicted molar refractivity (Wildman–Crippen MR) is 97.5 cm³/mol. The highest BCUT2D eigenvalue weighted by Crippen LogP contribution is 2.31. The molecule has 0 unspecified atom stereocenters. The van der Waals surface area contributed by atoms with E-state index >= 15 is 0 Å². The summed E-state index contributed by atoms with van der Waals surface area (Å²) in [5.41, 5.74) is 2.24. The van der Waals surface area contributed by atoms with Crippen molar-refractivity contribution in [2.75, 3.05) is 26.2 Å². The van der Waals surface area contributed by atoms with Gasteiger partial charge in [0, 0.05) is 31.7 Å². The third kappa shape index (κ3) is 4.25. The SMILES string of the molecule is CC(C)(C)N1CCN(C(c2ccc(F)cc2)c2ccc(F)cc2)CC1. The van der Waals surface area contributed by atoms with Gasteiger partial charge in [0.2, 0.25) is 0 Å². The van der Waals surface area contributed by atoms with Crippen molar-refractivity contribution >= 4 is 0 Å². The zero-order chi connectivity index (χ0) is 18.0. The summed E-state index contributed by atoms with van der Waals surface area (Å²) in [4.78, 5) is 4.89. The zero-order valence-corrected chi connectivity index (χ0v) is 15.2. The van der Waals surface area contributed by atoms with Crippen molar-refractivity contribution < 1.29 is 8.78 Å². The Morgan fingerprint density at radius 3 is 1.48 bits per heavy atom. The second-order valence-electron chi connectivity index (χ2n) is 7.70. The summed E-state index contributed by atoms with van der Waals surface area (Å²) < 4.78 is 26.7. The van der Waals surface area contributed by atoms with Gasteiger partial charge in [-0.3, -0.25) is 9.80 Å². The average molecular weight is 344 g/mol. The number of hydrogen-bond donors (Lipinski definition) is 0. The Bertz CT molecular complexity index is 636. The molecule has 0 bridgehead atoms. The minimum absolute atomic E-state index is 0.0170. The number of hydrogen-bond acceptors (Lipinski definition) is 2. The van der Waals surface area contributed by atoms with Crippen LogP contribution in [0.4, 0.5) is 8.78 Å². The minimum Gasteiger partial charge on any atom is -0.296 e. The molecule has 0 saturated carbocycles. The molecule has 0 spiro atoms. The van der Waals surface area contributed by atoms with E-state index in [1.165, 1.54) is 24.3 Å². The molecule has 2 nitrogen and oxygen atoms in total. The molecular weight excluding hydrogens is 318 g/mol. The van der Waals surface area contributed by atoms with Gasteiger partial charge in [-0.05, 0) is 56.2 Å². The van der Waals surface area contributed by atoms with Crippen LogP contribution in [0.3, 0.4) is 0 Å². The van der Waals surface area contributed by atoms with Crippen molar-refractivity contribution in [3.05, 3.63) is 71.3 Å². The molecular formula is C21H26F2N2. The summed E-state index contributed by atoms with van der Waals surface area (Å²) >= 11 is 0. The Labute approximate surface area is 149 Å². The molecule has 1 aliphatic heterocycles. The van der Waals surface area contributed by atoms with Gasteiger partial charge in [0.15, 0.2) is 0 Å². The first-order valence-electron chi connectivity index (χ1n) is 8.84. The van der Waals surface area contributed by atoms with E-state index in [0.717, 1.165) is 37.3 Å². The van der Waals surface area contributed by atoms with E-state index in [-0.39, 0.29) is 23.2 Å². The van der Waals surface area contributed by atoms with E-state index in [9.17, 15) is 8.78 Å². The molecule has 1 aliphatic rings. The van der Waals surface area contributed by atoms with E-state index in [4.69, 9.17) is 0 Å². The van der Waals surface area contributed by atoms with Crippen LogP contribution in [-0.2, 0) is 0 Å². The monoisotopic (exact) mass is 344 g/mol. The van der Waals surface area contributed by atoms with E-state index in [0.29, 0.717) is 0 Å². The van der Waals surface area contributed by atoms with Gasteiger partial charge in [0.25, 0.3) is 0 Å². The molecule has 0 atom stereocenters. The fourth-order valence-electron chi connectivity index (χ4n) is 3.56. The van der Waals surface area contributed by atoms with Gasteiger partial charge < -0.3 is 0 Å². The average Bonchev–Trinajstić information content (AvgIpc) is 2.58. The molecule has 4 heteroatoms. The van der Waals surface area contributed by atoms with Crippen molar-refractivity contribution in [1.29, 1.82) is 0 Å². The Morgan fingerprint density at radius 2 is 1.12 bits per heavy atom. The first-order chi connectivity index (χ1) is 11.8. The fourth-order valence-corrected chi connectivity index (χ4v) is 3.56. The number of rotatable bonds is 3. The van der Waals surface area contributed by atoms with Crippen molar-refractivity contribution in [2.24, 2.45) is 0 Å². The molecule has 0 amide bonds. The van der Waals surface area contributed by atoms with Crippen molar-refractivity contribution in [2.45, 2.75) is 32.4 Å². The third-order valence-corrected chi connectivity index (χ3v) is 5.00. The van der Waals surface area contributed by atoms with Crippen molar-refractivity contribution in [3.63, 3.8) is 0 Å². The highest BCUT2D eigenvalue weighted by atomic mass is 19.1. The van der Waals surface area contributed by atoms with Gasteiger partial charge in [-0.1, -0.05) is 24.3 Å². The molecule has 0 aliphatic carbocycles. The summed E-state index contributed by atoms with van der Waals surface area (Å²) in [6.07, 6.45) is 0. The molecule has 25 heavy (non-hydrogen) atoms. The maximum absolute atomic E-state index is 13.4. The van der Waals surface area contributed by atoms with Crippen LogP contribution in [0.2, 0.25) is 0 Å². The molecule has 0 radical (unpaired) electrons. The number of piperazine rings is 1. The van der Waals surface area contributed by atoms with Crippen molar-refractivity contribution in [1.82, 2.24) is 9.80 Å². The van der Waals surface area contributed by atoms with E-state index < -0.39 is 0 Å². The molecule has 1 heterocycles. The van der Waals surface area contributed by atoms with Gasteiger partial charge in [0.1, 0.15) is 11.6 Å². The number of nitrogens with zero attached hydrogens (tertiary/aromatic N) is 2. The van der Waals surface area contributed by atoms with Crippen LogP contribution in [0, 0.1) is 11.6 Å². The maximum atomic E-state index is 13.4. The zero-order valence-electron chi connectivity index (χ0n) is 15.2. The molecule has 1 fully saturated rings. The lowest BCUT2D eigenvalue weighted by Gasteiger charge is -2.44. The van der Waals surface area contributed by atoms with E-state index in [1.54, 1.807) is 0 Å². The predicted octanol–water partition coefficient (Wildman–Crippen LogP) is 4.47. The Morgan fingerprint density at radius 1 is 0.720 bits per heavy atom. The van der Waals surface area contributed by atoms with Crippen LogP contribution < -0.4 is 0 Å². The first-order valence-corrected chi connectivity index (χ1v) is 8.84. The minimum atomic E-state index is -0.237. The molecule has 0 aromatic heterocycles.